The molecule has 0 N–H and O–H groups in total. The van der Waals surface area contributed by atoms with E-state index in [9.17, 15) is 0 Å². The third kappa shape index (κ3) is 3.31. The highest BCUT2D eigenvalue weighted by atomic mass is 127. The van der Waals surface area contributed by atoms with Crippen LogP contribution in [-0.4, -0.2) is 9.55 Å². The van der Waals surface area contributed by atoms with Crippen molar-refractivity contribution in [3.63, 3.8) is 0 Å². The van der Waals surface area contributed by atoms with Gasteiger partial charge in [0.2, 0.25) is 0 Å². The molecule has 2 nitrogen and oxygen atoms in total. The molecule has 0 saturated carbocycles. The van der Waals surface area contributed by atoms with Gasteiger partial charge in [-0.2, -0.15) is 5.10 Å². The topological polar surface area (TPSA) is 17.8 Å². The van der Waals surface area contributed by atoms with Crippen molar-refractivity contribution in [3.05, 3.63) is 42.2 Å². The summed E-state index contributed by atoms with van der Waals surface area (Å²) >= 11 is 2.32. The number of halogens is 1. The summed E-state index contributed by atoms with van der Waals surface area (Å²) in [5.74, 6) is 6.19. The number of hydrogen-bond acceptors (Lipinski definition) is 1. The van der Waals surface area contributed by atoms with Gasteiger partial charge >= 0.3 is 0 Å². The smallest absolute Gasteiger partial charge is 0.0677 e. The summed E-state index contributed by atoms with van der Waals surface area (Å²) < 4.78 is 1.95. The fourth-order valence-corrected chi connectivity index (χ4v) is 2.54. The highest BCUT2D eigenvalue weighted by Crippen LogP contribution is 2.26. The minimum atomic E-state index is 0.647. The summed E-state index contributed by atoms with van der Waals surface area (Å²) in [6.07, 6.45) is 5.51. The molecule has 0 fully saturated rings. The van der Waals surface area contributed by atoms with Gasteiger partial charge < -0.3 is 0 Å². The summed E-state index contributed by atoms with van der Waals surface area (Å²) in [5.41, 5.74) is 3.41. The summed E-state index contributed by atoms with van der Waals surface area (Å²) in [4.78, 5) is 0. The van der Waals surface area contributed by atoms with Crippen LogP contribution in [0.1, 0.15) is 18.9 Å². The van der Waals surface area contributed by atoms with E-state index < -0.39 is 0 Å². The van der Waals surface area contributed by atoms with Crippen LogP contribution in [0.5, 0.6) is 0 Å². The number of aromatic nitrogens is 2. The zero-order valence-corrected chi connectivity index (χ0v) is 12.6. The van der Waals surface area contributed by atoms with Crippen LogP contribution in [-0.2, 0) is 0 Å². The normalized spacial score (nSPS) is 10.5. The number of nitrogens with zero attached hydrogens (tertiary/aromatic N) is 2. The minimum absolute atomic E-state index is 0.647. The van der Waals surface area contributed by atoms with Crippen LogP contribution >= 0.6 is 28.4 Å². The maximum absolute atomic E-state index is 4.28. The van der Waals surface area contributed by atoms with E-state index in [0.717, 1.165) is 17.5 Å². The van der Waals surface area contributed by atoms with Crippen LogP contribution < -0.4 is 0 Å². The average Bonchev–Trinajstić information content (AvgIpc) is 2.86. The van der Waals surface area contributed by atoms with Crippen LogP contribution in [0.3, 0.4) is 0 Å². The Balaban J connectivity index is 2.22. The first kappa shape index (κ1) is 12.6. The monoisotopic (exact) mass is 354 g/mol. The van der Waals surface area contributed by atoms with Gasteiger partial charge in [-0.15, -0.1) is 0 Å². The molecule has 0 bridgehead atoms. The molecule has 0 amide bonds. The molecule has 0 aliphatic carbocycles. The lowest BCUT2D eigenvalue weighted by molar-refractivity contribution is 1.01. The van der Waals surface area contributed by atoms with E-state index in [2.05, 4.69) is 76.4 Å². The molecule has 0 saturated heterocycles. The second kappa shape index (κ2) is 6.18. The van der Waals surface area contributed by atoms with Gasteiger partial charge in [0.15, 0.2) is 0 Å². The van der Waals surface area contributed by atoms with Gasteiger partial charge in [-0.25, -0.2) is 4.45 Å². The Hall–Kier alpha value is -0.850. The molecule has 4 heteroatoms. The maximum atomic E-state index is 4.28. The molecule has 1 atom stereocenters. The van der Waals surface area contributed by atoms with Gasteiger partial charge in [-0.05, 0) is 39.7 Å². The molecule has 0 spiro atoms. The molecule has 0 aliphatic heterocycles. The van der Waals surface area contributed by atoms with Crippen molar-refractivity contribution in [2.24, 2.45) is 0 Å². The van der Waals surface area contributed by atoms with E-state index in [-0.39, 0.29) is 0 Å². The van der Waals surface area contributed by atoms with Crippen molar-refractivity contribution >= 4 is 28.4 Å². The zero-order chi connectivity index (χ0) is 12.1. The quantitative estimate of drug-likeness (QED) is 0.451. The van der Waals surface area contributed by atoms with E-state index in [1.165, 1.54) is 5.56 Å². The lowest BCUT2D eigenvalue weighted by atomic mass is 10.1. The first-order valence-electron chi connectivity index (χ1n) is 5.34. The van der Waals surface area contributed by atoms with Crippen LogP contribution in [0.25, 0.3) is 11.1 Å². The maximum Gasteiger partial charge on any atom is 0.0677 e. The third-order valence-corrected chi connectivity index (χ3v) is 4.20. The van der Waals surface area contributed by atoms with Crippen molar-refractivity contribution in [1.29, 1.82) is 0 Å². The molecule has 0 aliphatic rings. The van der Waals surface area contributed by atoms with Gasteiger partial charge in [-0.3, -0.25) is 0 Å². The summed E-state index contributed by atoms with van der Waals surface area (Å²) in [6, 6.07) is 8.30. The van der Waals surface area contributed by atoms with Crippen LogP contribution in [0, 0.1) is 11.8 Å². The molecule has 1 aromatic carbocycles. The molecule has 2 aromatic rings. The standard InChI is InChI=1S/C13H12IN2P/c1-2-3-4-11-5-7-12(8-6-11)13-9-15-16(10-13)17-14/h5-10,17H,2H2,1H3. The zero-order valence-electron chi connectivity index (χ0n) is 9.44. The first-order valence-corrected chi connectivity index (χ1v) is 9.40. The van der Waals surface area contributed by atoms with E-state index in [1.807, 2.05) is 10.6 Å². The fourth-order valence-electron chi connectivity index (χ4n) is 1.45. The molecular formula is C13H12IN2P. The highest BCUT2D eigenvalue weighted by Gasteiger charge is 2.00. The van der Waals surface area contributed by atoms with E-state index in [0.29, 0.717) is 6.37 Å². The van der Waals surface area contributed by atoms with E-state index >= 15 is 0 Å². The van der Waals surface area contributed by atoms with Crippen molar-refractivity contribution in [2.45, 2.75) is 13.3 Å². The van der Waals surface area contributed by atoms with Crippen LogP contribution in [0.4, 0.5) is 0 Å². The molecule has 2 rings (SSSR count). The van der Waals surface area contributed by atoms with Gasteiger partial charge in [0.25, 0.3) is 0 Å². The van der Waals surface area contributed by atoms with Crippen LogP contribution in [0.2, 0.25) is 0 Å². The fraction of sp³-hybridized carbons (Fsp3) is 0.154. The lowest BCUT2D eigenvalue weighted by Gasteiger charge is -1.97. The third-order valence-electron chi connectivity index (χ3n) is 2.30. The second-order valence-corrected chi connectivity index (χ2v) is 5.57. The minimum Gasteiger partial charge on any atom is -0.245 e. The number of hydrogen-bond donors (Lipinski definition) is 0. The Morgan fingerprint density at radius 3 is 2.65 bits per heavy atom. The van der Waals surface area contributed by atoms with Crippen LogP contribution in [0.15, 0.2) is 36.7 Å². The average molecular weight is 354 g/mol. The first-order chi connectivity index (χ1) is 8.33. The van der Waals surface area contributed by atoms with Crippen molar-refractivity contribution in [1.82, 2.24) is 9.55 Å². The molecule has 1 aromatic heterocycles. The molecule has 1 heterocycles. The Morgan fingerprint density at radius 1 is 1.29 bits per heavy atom. The van der Waals surface area contributed by atoms with Gasteiger partial charge in [0, 0.05) is 23.7 Å². The van der Waals surface area contributed by atoms with Crippen molar-refractivity contribution < 1.29 is 0 Å². The van der Waals surface area contributed by atoms with E-state index in [4.69, 9.17) is 0 Å². The Morgan fingerprint density at radius 2 is 2.06 bits per heavy atom. The predicted molar refractivity (Wildman–Crippen MR) is 82.6 cm³/mol. The van der Waals surface area contributed by atoms with E-state index in [1.54, 1.807) is 0 Å². The number of benzene rings is 1. The van der Waals surface area contributed by atoms with Gasteiger partial charge in [0.05, 0.1) is 12.6 Å². The molecule has 86 valence electrons. The van der Waals surface area contributed by atoms with Gasteiger partial charge in [-0.1, -0.05) is 30.9 Å². The SMILES string of the molecule is CCC#Cc1ccc(-c2cnn(PI)c2)cc1. The lowest BCUT2D eigenvalue weighted by Crippen LogP contribution is -1.78. The summed E-state index contributed by atoms with van der Waals surface area (Å²) in [7, 11) is 0. The summed E-state index contributed by atoms with van der Waals surface area (Å²) in [6.45, 7) is 2.06. The van der Waals surface area contributed by atoms with Gasteiger partial charge in [0.1, 0.15) is 0 Å². The summed E-state index contributed by atoms with van der Waals surface area (Å²) in [5, 5.41) is 4.28. The molecule has 1 unspecified atom stereocenters. The Kier molecular flexibility index (Phi) is 4.58. The Labute approximate surface area is 116 Å². The molecular weight excluding hydrogens is 342 g/mol. The largest absolute Gasteiger partial charge is 0.245 e. The van der Waals surface area contributed by atoms with Crippen molar-refractivity contribution in [3.8, 4) is 23.0 Å². The van der Waals surface area contributed by atoms with Crippen molar-refractivity contribution in [2.75, 3.05) is 0 Å². The molecule has 0 radical (unpaired) electrons. The Bertz CT molecular complexity index is 549. The second-order valence-electron chi connectivity index (χ2n) is 3.49. The number of rotatable bonds is 2. The predicted octanol–water partition coefficient (Wildman–Crippen LogP) is 4.10. The molecule has 17 heavy (non-hydrogen) atoms. The highest BCUT2D eigenvalue weighted by molar-refractivity contribution is 14.2.